The van der Waals surface area contributed by atoms with Crippen molar-refractivity contribution in [3.05, 3.63) is 35.9 Å². The van der Waals surface area contributed by atoms with E-state index in [2.05, 4.69) is 16.0 Å². The number of halogens is 3. The zero-order chi connectivity index (χ0) is 33.3. The summed E-state index contributed by atoms with van der Waals surface area (Å²) in [7, 11) is 0. The molecule has 1 aromatic carbocycles. The van der Waals surface area contributed by atoms with Crippen molar-refractivity contribution in [3.8, 4) is 6.07 Å². The van der Waals surface area contributed by atoms with Gasteiger partial charge in [0.15, 0.2) is 0 Å². The summed E-state index contributed by atoms with van der Waals surface area (Å²) in [6.45, 7) is 7.16. The number of alkyl halides is 3. The second-order valence-corrected chi connectivity index (χ2v) is 13.4. The van der Waals surface area contributed by atoms with E-state index in [0.717, 1.165) is 0 Å². The summed E-state index contributed by atoms with van der Waals surface area (Å²) in [5.41, 5.74) is -0.103. The molecule has 0 radical (unpaired) electrons. The van der Waals surface area contributed by atoms with Crippen LogP contribution in [0.15, 0.2) is 30.3 Å². The Morgan fingerprint density at radius 1 is 1.16 bits per heavy atom. The smallest absolute Gasteiger partial charge is 0.411 e. The molecule has 246 valence electrons. The molecule has 3 N–H and O–H groups in total. The Bertz CT molecular complexity index is 1330. The Hall–Kier alpha value is -3.86. The van der Waals surface area contributed by atoms with Gasteiger partial charge < -0.3 is 30.3 Å². The molecule has 45 heavy (non-hydrogen) atoms. The summed E-state index contributed by atoms with van der Waals surface area (Å²) in [6, 6.07) is 7.02. The first-order chi connectivity index (χ1) is 20.9. The van der Waals surface area contributed by atoms with E-state index >= 15 is 0 Å². The molecule has 4 amide bonds. The number of carbonyl (C=O) groups is 4. The van der Waals surface area contributed by atoms with Crippen LogP contribution in [-0.4, -0.2) is 77.8 Å². The van der Waals surface area contributed by atoms with Crippen molar-refractivity contribution < 1.29 is 41.8 Å². The van der Waals surface area contributed by atoms with Crippen LogP contribution in [0.4, 0.5) is 18.0 Å². The number of amides is 4. The van der Waals surface area contributed by atoms with Gasteiger partial charge in [-0.15, -0.1) is 0 Å². The summed E-state index contributed by atoms with van der Waals surface area (Å²) in [5, 5.41) is 17.7. The standard InChI is InChI=1S/C31H40F3N5O6/c1-17(45-16-31(32,33)34)23(37-28(43)44-15-18-9-7-6-8-10-18)27(42)39-14-21-22(30(21,4)5)24(39)26(41)36-20(13-35)11-19-12-29(2,3)38-25(19)40/h6-10,17,19-24H,11-12,14-16H2,1-5H3,(H,36,41)(H,37,43)(H,38,40)/t17-,19-,20+,21+,22+,23+,24+/m1/s1. The highest BCUT2D eigenvalue weighted by atomic mass is 19.4. The van der Waals surface area contributed by atoms with Crippen molar-refractivity contribution in [2.24, 2.45) is 23.2 Å². The summed E-state index contributed by atoms with van der Waals surface area (Å²) in [6.07, 6.45) is -6.61. The van der Waals surface area contributed by atoms with Gasteiger partial charge in [-0.3, -0.25) is 14.4 Å². The molecule has 7 atom stereocenters. The molecule has 0 aromatic heterocycles. The molecule has 1 saturated carbocycles. The number of benzene rings is 1. The first-order valence-corrected chi connectivity index (χ1v) is 14.9. The van der Waals surface area contributed by atoms with Gasteiger partial charge in [-0.2, -0.15) is 18.4 Å². The molecule has 2 aliphatic heterocycles. The number of likely N-dealkylation sites (tertiary alicyclic amines) is 1. The third-order valence-electron chi connectivity index (χ3n) is 9.07. The second-order valence-electron chi connectivity index (χ2n) is 13.4. The van der Waals surface area contributed by atoms with Gasteiger partial charge in [0.25, 0.3) is 0 Å². The number of alkyl carbamates (subject to hydrolysis) is 1. The Morgan fingerprint density at radius 3 is 2.40 bits per heavy atom. The van der Waals surface area contributed by atoms with E-state index < -0.39 is 66.4 Å². The van der Waals surface area contributed by atoms with Crippen LogP contribution in [0.5, 0.6) is 0 Å². The highest BCUT2D eigenvalue weighted by molar-refractivity contribution is 5.93. The van der Waals surface area contributed by atoms with E-state index in [-0.39, 0.29) is 42.7 Å². The molecule has 2 heterocycles. The predicted molar refractivity (Wildman–Crippen MR) is 154 cm³/mol. The van der Waals surface area contributed by atoms with E-state index in [1.54, 1.807) is 30.3 Å². The average molecular weight is 636 g/mol. The van der Waals surface area contributed by atoms with E-state index in [1.165, 1.54) is 11.8 Å². The lowest BCUT2D eigenvalue weighted by atomic mass is 9.91. The van der Waals surface area contributed by atoms with Crippen LogP contribution in [0.1, 0.15) is 53.0 Å². The summed E-state index contributed by atoms with van der Waals surface area (Å²) >= 11 is 0. The molecule has 1 aliphatic carbocycles. The molecule has 2 saturated heterocycles. The van der Waals surface area contributed by atoms with Crippen LogP contribution in [0.3, 0.4) is 0 Å². The SMILES string of the molecule is C[C@@H](OCC(F)(F)F)[C@H](NC(=O)OCc1ccccc1)C(=O)N1C[C@H]2[C@@H]([C@H]1C(=O)N[C@H](C#N)C[C@@H]1CC(C)(C)NC1=O)C2(C)C. The van der Waals surface area contributed by atoms with Crippen LogP contribution in [0.2, 0.25) is 0 Å². The van der Waals surface area contributed by atoms with Crippen molar-refractivity contribution in [1.82, 2.24) is 20.9 Å². The van der Waals surface area contributed by atoms with Crippen molar-refractivity contribution in [2.45, 2.75) is 90.0 Å². The molecule has 4 rings (SSSR count). The molecule has 1 aromatic rings. The largest absolute Gasteiger partial charge is 0.445 e. The lowest BCUT2D eigenvalue weighted by Gasteiger charge is -2.35. The van der Waals surface area contributed by atoms with Crippen LogP contribution in [0.25, 0.3) is 0 Å². The third kappa shape index (κ3) is 8.06. The number of rotatable bonds is 11. The maximum Gasteiger partial charge on any atom is 0.411 e. The van der Waals surface area contributed by atoms with E-state index in [0.29, 0.717) is 12.0 Å². The Balaban J connectivity index is 1.50. The zero-order valence-corrected chi connectivity index (χ0v) is 25.9. The van der Waals surface area contributed by atoms with Crippen LogP contribution < -0.4 is 16.0 Å². The molecule has 14 heteroatoms. The summed E-state index contributed by atoms with van der Waals surface area (Å²) < 4.78 is 49.1. The number of ether oxygens (including phenoxy) is 2. The maximum absolute atomic E-state index is 14.0. The minimum absolute atomic E-state index is 0.0788. The van der Waals surface area contributed by atoms with Crippen LogP contribution in [0, 0.1) is 34.5 Å². The zero-order valence-electron chi connectivity index (χ0n) is 25.9. The fourth-order valence-corrected chi connectivity index (χ4v) is 6.66. The molecule has 0 spiro atoms. The molecule has 0 bridgehead atoms. The number of hydrogen-bond donors (Lipinski definition) is 3. The van der Waals surface area contributed by atoms with Gasteiger partial charge in [-0.05, 0) is 56.4 Å². The van der Waals surface area contributed by atoms with E-state index in [9.17, 15) is 37.6 Å². The highest BCUT2D eigenvalue weighted by Gasteiger charge is 2.69. The lowest BCUT2D eigenvalue weighted by molar-refractivity contribution is -0.188. The first-order valence-electron chi connectivity index (χ1n) is 14.9. The molecule has 0 unspecified atom stereocenters. The van der Waals surface area contributed by atoms with Crippen molar-refractivity contribution >= 4 is 23.8 Å². The number of nitriles is 1. The normalized spacial score (nSPS) is 26.5. The molecule has 3 fully saturated rings. The van der Waals surface area contributed by atoms with E-state index in [1.807, 2.05) is 33.8 Å². The monoisotopic (exact) mass is 635 g/mol. The van der Waals surface area contributed by atoms with Gasteiger partial charge in [0, 0.05) is 18.0 Å². The third-order valence-corrected chi connectivity index (χ3v) is 9.07. The molecule has 3 aliphatic rings. The van der Waals surface area contributed by atoms with Gasteiger partial charge >= 0.3 is 12.3 Å². The van der Waals surface area contributed by atoms with Crippen molar-refractivity contribution in [1.29, 1.82) is 5.26 Å². The number of hydrogen-bond acceptors (Lipinski definition) is 7. The number of nitrogens with zero attached hydrogens (tertiary/aromatic N) is 2. The van der Waals surface area contributed by atoms with Crippen LogP contribution in [-0.2, 0) is 30.5 Å². The first kappa shape index (κ1) is 34.0. The maximum atomic E-state index is 14.0. The fraction of sp³-hybridized carbons (Fsp3) is 0.645. The van der Waals surface area contributed by atoms with E-state index in [4.69, 9.17) is 9.47 Å². The predicted octanol–water partition coefficient (Wildman–Crippen LogP) is 3.04. The fourth-order valence-electron chi connectivity index (χ4n) is 6.66. The second kappa shape index (κ2) is 12.9. The molecular weight excluding hydrogens is 595 g/mol. The van der Waals surface area contributed by atoms with Crippen LogP contribution >= 0.6 is 0 Å². The van der Waals surface area contributed by atoms with Gasteiger partial charge in [0.2, 0.25) is 17.7 Å². The minimum Gasteiger partial charge on any atom is -0.445 e. The number of piperidine rings is 1. The Morgan fingerprint density at radius 2 is 1.82 bits per heavy atom. The lowest BCUT2D eigenvalue weighted by Crippen LogP contribution is -2.59. The van der Waals surface area contributed by atoms with Gasteiger partial charge in [-0.25, -0.2) is 4.79 Å². The Labute approximate surface area is 260 Å². The Kier molecular flexibility index (Phi) is 9.73. The quantitative estimate of drug-likeness (QED) is 0.338. The molecule has 11 nitrogen and oxygen atoms in total. The average Bonchev–Trinajstić information content (AvgIpc) is 3.23. The number of carbonyl (C=O) groups excluding carboxylic acids is 4. The van der Waals surface area contributed by atoms with Gasteiger partial charge in [0.05, 0.1) is 12.2 Å². The van der Waals surface area contributed by atoms with Crippen molar-refractivity contribution in [3.63, 3.8) is 0 Å². The number of nitrogens with one attached hydrogen (secondary N) is 3. The van der Waals surface area contributed by atoms with Crippen molar-refractivity contribution in [2.75, 3.05) is 13.2 Å². The van der Waals surface area contributed by atoms with Gasteiger partial charge in [0.1, 0.15) is 31.3 Å². The number of fused-ring (bicyclic) bond motifs is 1. The van der Waals surface area contributed by atoms with Gasteiger partial charge in [-0.1, -0.05) is 44.2 Å². The molecular formula is C31H40F3N5O6. The highest BCUT2D eigenvalue weighted by Crippen LogP contribution is 2.65. The summed E-state index contributed by atoms with van der Waals surface area (Å²) in [4.78, 5) is 54.1. The summed E-state index contributed by atoms with van der Waals surface area (Å²) in [5.74, 6) is -2.49. The minimum atomic E-state index is -4.69. The topological polar surface area (TPSA) is 150 Å².